The summed E-state index contributed by atoms with van der Waals surface area (Å²) in [5.74, 6) is -0.538. The van der Waals surface area contributed by atoms with Gasteiger partial charge in [0.1, 0.15) is 11.4 Å². The molecule has 3 aromatic carbocycles. The number of ether oxygens (including phenoxy) is 1. The van der Waals surface area contributed by atoms with E-state index in [9.17, 15) is 26.0 Å². The number of sulfone groups is 2. The number of hydrogen-bond donors (Lipinski definition) is 1. The maximum atomic E-state index is 17.1. The summed E-state index contributed by atoms with van der Waals surface area (Å²) in [6, 6.07) is 16.4. The molecule has 204 valence electrons. The molecule has 1 atom stereocenters. The SMILES string of the molecule is CC(C)(C)OC(=O)N[C@@H](Cc1ccc(F)cc1)CC(F)(S(=O)(=O)c1ccccc1)S(=O)(=O)c1ccccc1. The first-order chi connectivity index (χ1) is 17.7. The summed E-state index contributed by atoms with van der Waals surface area (Å²) >= 11 is 0. The van der Waals surface area contributed by atoms with Crippen LogP contribution < -0.4 is 5.32 Å². The van der Waals surface area contributed by atoms with Crippen LogP contribution in [0.15, 0.2) is 94.7 Å². The van der Waals surface area contributed by atoms with Crippen LogP contribution in [0, 0.1) is 5.82 Å². The number of hydrogen-bond acceptors (Lipinski definition) is 6. The highest BCUT2D eigenvalue weighted by Crippen LogP contribution is 2.41. The molecule has 0 heterocycles. The Kier molecular flexibility index (Phi) is 8.62. The van der Waals surface area contributed by atoms with E-state index in [-0.39, 0.29) is 6.42 Å². The molecule has 0 unspecified atom stereocenters. The molecular weight excluding hydrogens is 536 g/mol. The Morgan fingerprint density at radius 3 is 1.68 bits per heavy atom. The van der Waals surface area contributed by atoms with E-state index < -0.39 is 63.8 Å². The van der Waals surface area contributed by atoms with E-state index >= 15 is 4.39 Å². The zero-order valence-corrected chi connectivity index (χ0v) is 22.7. The van der Waals surface area contributed by atoms with Gasteiger partial charge >= 0.3 is 10.4 Å². The van der Waals surface area contributed by atoms with Crippen LogP contribution in [-0.4, -0.2) is 38.9 Å². The Labute approximate surface area is 221 Å². The first-order valence-corrected chi connectivity index (χ1v) is 14.6. The van der Waals surface area contributed by atoms with Gasteiger partial charge in [-0.3, -0.25) is 0 Å². The van der Waals surface area contributed by atoms with Gasteiger partial charge in [-0.1, -0.05) is 48.5 Å². The lowest BCUT2D eigenvalue weighted by atomic mass is 10.0. The summed E-state index contributed by atoms with van der Waals surface area (Å²) in [5, 5.41) is 2.42. The van der Waals surface area contributed by atoms with Crippen molar-refractivity contribution in [2.24, 2.45) is 0 Å². The molecule has 0 aromatic heterocycles. The number of alkyl carbamates (subject to hydrolysis) is 1. The van der Waals surface area contributed by atoms with Crippen LogP contribution in [0.4, 0.5) is 13.6 Å². The van der Waals surface area contributed by atoms with Crippen molar-refractivity contribution in [3.8, 4) is 0 Å². The van der Waals surface area contributed by atoms with E-state index in [0.29, 0.717) is 5.56 Å². The molecule has 0 radical (unpaired) electrons. The fourth-order valence-electron chi connectivity index (χ4n) is 3.76. The van der Waals surface area contributed by atoms with Gasteiger partial charge in [-0.05, 0) is 69.2 Å². The normalized spacial score (nSPS) is 13.5. The quantitative estimate of drug-likeness (QED) is 0.381. The number of halogens is 2. The van der Waals surface area contributed by atoms with Crippen LogP contribution in [0.3, 0.4) is 0 Å². The van der Waals surface area contributed by atoms with Gasteiger partial charge < -0.3 is 10.1 Å². The van der Waals surface area contributed by atoms with Crippen molar-refractivity contribution >= 4 is 25.8 Å². The van der Waals surface area contributed by atoms with Crippen LogP contribution in [0.2, 0.25) is 0 Å². The van der Waals surface area contributed by atoms with Gasteiger partial charge in [-0.15, -0.1) is 0 Å². The zero-order chi connectivity index (χ0) is 28.2. The molecule has 7 nitrogen and oxygen atoms in total. The molecule has 0 aliphatic heterocycles. The van der Waals surface area contributed by atoms with Crippen molar-refractivity contribution in [2.75, 3.05) is 0 Å². The Hall–Kier alpha value is -3.31. The van der Waals surface area contributed by atoms with E-state index in [0.717, 1.165) is 36.4 Å². The maximum absolute atomic E-state index is 17.1. The van der Waals surface area contributed by atoms with E-state index in [1.54, 1.807) is 20.8 Å². The molecule has 0 saturated carbocycles. The number of rotatable bonds is 9. The maximum Gasteiger partial charge on any atom is 0.407 e. The predicted molar refractivity (Wildman–Crippen MR) is 139 cm³/mol. The lowest BCUT2D eigenvalue weighted by molar-refractivity contribution is 0.0496. The predicted octanol–water partition coefficient (Wildman–Crippen LogP) is 5.22. The third kappa shape index (κ3) is 6.57. The molecule has 3 rings (SSSR count). The van der Waals surface area contributed by atoms with Crippen molar-refractivity contribution in [3.63, 3.8) is 0 Å². The molecule has 0 fully saturated rings. The number of carbonyl (C=O) groups is 1. The largest absolute Gasteiger partial charge is 0.444 e. The second kappa shape index (κ2) is 11.2. The fourth-order valence-corrected chi connectivity index (χ4v) is 8.07. The number of amides is 1. The van der Waals surface area contributed by atoms with Crippen molar-refractivity contribution in [3.05, 3.63) is 96.3 Å². The molecule has 1 amide bonds. The Bertz CT molecular complexity index is 1390. The third-order valence-electron chi connectivity index (χ3n) is 5.52. The average Bonchev–Trinajstić information content (AvgIpc) is 2.85. The highest BCUT2D eigenvalue weighted by molar-refractivity contribution is 8.10. The Balaban J connectivity index is 2.14. The second-order valence-corrected chi connectivity index (χ2v) is 14.2. The van der Waals surface area contributed by atoms with E-state index in [1.165, 1.54) is 48.5 Å². The first-order valence-electron chi connectivity index (χ1n) is 11.7. The first kappa shape index (κ1) is 29.2. The van der Waals surface area contributed by atoms with Crippen molar-refractivity contribution in [1.29, 1.82) is 0 Å². The van der Waals surface area contributed by atoms with E-state index in [4.69, 9.17) is 4.74 Å². The number of alkyl halides is 1. The second-order valence-electron chi connectivity index (χ2n) is 9.67. The summed E-state index contributed by atoms with van der Waals surface area (Å²) in [6.07, 6.45) is -2.38. The van der Waals surface area contributed by atoms with Crippen LogP contribution in [-0.2, 0) is 30.8 Å². The van der Waals surface area contributed by atoms with Crippen LogP contribution in [0.5, 0.6) is 0 Å². The Morgan fingerprint density at radius 2 is 1.26 bits per heavy atom. The van der Waals surface area contributed by atoms with Gasteiger partial charge in [0.05, 0.1) is 9.79 Å². The summed E-state index contributed by atoms with van der Waals surface area (Å²) in [7, 11) is -10.4. The van der Waals surface area contributed by atoms with E-state index in [1.807, 2.05) is 0 Å². The molecule has 38 heavy (non-hydrogen) atoms. The van der Waals surface area contributed by atoms with E-state index in [2.05, 4.69) is 5.32 Å². The molecule has 0 aliphatic rings. The summed E-state index contributed by atoms with van der Waals surface area (Å²) in [4.78, 5) is 11.5. The van der Waals surface area contributed by atoms with Gasteiger partial charge in [0.15, 0.2) is 0 Å². The summed E-state index contributed by atoms with van der Waals surface area (Å²) < 4.78 is 86.6. The van der Waals surface area contributed by atoms with Gasteiger partial charge in [0, 0.05) is 12.5 Å². The molecule has 0 spiro atoms. The highest BCUT2D eigenvalue weighted by Gasteiger charge is 2.58. The molecule has 3 aromatic rings. The minimum absolute atomic E-state index is 0.209. The van der Waals surface area contributed by atoms with Crippen molar-refractivity contribution in [1.82, 2.24) is 5.32 Å². The monoisotopic (exact) mass is 565 g/mol. The minimum Gasteiger partial charge on any atom is -0.444 e. The minimum atomic E-state index is -5.18. The summed E-state index contributed by atoms with van der Waals surface area (Å²) in [5.41, 5.74) is -0.534. The zero-order valence-electron chi connectivity index (χ0n) is 21.1. The van der Waals surface area contributed by atoms with Crippen LogP contribution in [0.25, 0.3) is 0 Å². The lowest BCUT2D eigenvalue weighted by Gasteiger charge is -2.30. The molecule has 1 N–H and O–H groups in total. The summed E-state index contributed by atoms with van der Waals surface area (Å²) in [6.45, 7) is 4.79. The van der Waals surface area contributed by atoms with Crippen LogP contribution >= 0.6 is 0 Å². The standard InChI is InChI=1S/C27H29F2NO6S2/c1-26(2,3)36-25(31)30-22(18-20-14-16-21(28)17-15-20)19-27(29,37(32,33)23-10-6-4-7-11-23)38(34,35)24-12-8-5-9-13-24/h4-17,22H,18-19H2,1-3H3,(H,30,31)/t22-/m0/s1. The molecule has 0 aliphatic carbocycles. The number of benzene rings is 3. The highest BCUT2D eigenvalue weighted by atomic mass is 32.3. The van der Waals surface area contributed by atoms with Gasteiger partial charge in [-0.25, -0.2) is 30.4 Å². The van der Waals surface area contributed by atoms with Crippen molar-refractivity contribution < 1.29 is 35.1 Å². The van der Waals surface area contributed by atoms with Gasteiger partial charge in [0.25, 0.3) is 0 Å². The molecular formula is C27H29F2NO6S2. The molecule has 0 bridgehead atoms. The lowest BCUT2D eigenvalue weighted by Crippen LogP contribution is -2.50. The van der Waals surface area contributed by atoms with Crippen LogP contribution in [0.1, 0.15) is 32.8 Å². The Morgan fingerprint density at radius 1 is 0.816 bits per heavy atom. The third-order valence-corrected chi connectivity index (χ3v) is 10.6. The average molecular weight is 566 g/mol. The molecule has 11 heteroatoms. The van der Waals surface area contributed by atoms with Crippen molar-refractivity contribution in [2.45, 2.75) is 59.4 Å². The number of nitrogens with one attached hydrogen (secondary N) is 1. The fraction of sp³-hybridized carbons (Fsp3) is 0.296. The number of carbonyl (C=O) groups excluding carboxylic acids is 1. The van der Waals surface area contributed by atoms with Gasteiger partial charge in [-0.2, -0.15) is 0 Å². The smallest absolute Gasteiger partial charge is 0.407 e. The molecule has 0 saturated heterocycles. The topological polar surface area (TPSA) is 107 Å². The van der Waals surface area contributed by atoms with Gasteiger partial charge in [0.2, 0.25) is 19.7 Å².